The van der Waals surface area contributed by atoms with E-state index in [-0.39, 0.29) is 10.8 Å². The first kappa shape index (κ1) is 46.2. The Morgan fingerprint density at radius 3 is 1.54 bits per heavy atom. The summed E-state index contributed by atoms with van der Waals surface area (Å²) in [4.78, 5) is 4.58. The van der Waals surface area contributed by atoms with Crippen LogP contribution < -0.4 is 9.80 Å². The molecule has 0 fully saturated rings. The van der Waals surface area contributed by atoms with Crippen LogP contribution in [-0.2, 0) is 10.8 Å². The molecule has 0 spiro atoms. The minimum absolute atomic E-state index is 0.150. The van der Waals surface area contributed by atoms with E-state index in [0.717, 1.165) is 12.1 Å². The van der Waals surface area contributed by atoms with E-state index < -0.39 is 0 Å². The van der Waals surface area contributed by atoms with Crippen LogP contribution in [0.3, 0.4) is 0 Å². The topological polar surface area (TPSA) is 6.48 Å². The van der Waals surface area contributed by atoms with Gasteiger partial charge in [0.15, 0.2) is 0 Å². The quantitative estimate of drug-likeness (QED) is 0.133. The normalized spacial score (nSPS) is 15.6. The van der Waals surface area contributed by atoms with Crippen molar-refractivity contribution in [2.24, 2.45) is 5.92 Å². The number of nitrogens with zero attached hydrogens (tertiary/aromatic N) is 2. The fourth-order valence-corrected chi connectivity index (χ4v) is 11.1. The van der Waals surface area contributed by atoms with Crippen molar-refractivity contribution in [3.8, 4) is 22.3 Å². The lowest BCUT2D eigenvalue weighted by Crippen LogP contribution is -2.17. The highest BCUT2D eigenvalue weighted by Gasteiger charge is 2.42. The van der Waals surface area contributed by atoms with Crippen LogP contribution in [0, 0.1) is 5.92 Å². The number of rotatable bonds is 9. The maximum atomic E-state index is 2.55. The van der Waals surface area contributed by atoms with Crippen molar-refractivity contribution in [3.63, 3.8) is 0 Å². The third kappa shape index (κ3) is 8.73. The van der Waals surface area contributed by atoms with E-state index in [1.807, 2.05) is 36.4 Å². The molecule has 0 radical (unpaired) electrons. The summed E-state index contributed by atoms with van der Waals surface area (Å²) < 4.78 is 0. The smallest absolute Gasteiger partial charge is 0.0461 e. The van der Waals surface area contributed by atoms with Gasteiger partial charge in [-0.05, 0) is 163 Å². The molecular weight excluding hydrogens is 869 g/mol. The summed E-state index contributed by atoms with van der Waals surface area (Å²) in [5.74, 6) is 0.566. The molecule has 0 aliphatic heterocycles. The van der Waals surface area contributed by atoms with Crippen LogP contribution >= 0.6 is 0 Å². The number of anilines is 4. The molecule has 3 aliphatic carbocycles. The molecule has 9 aromatic rings. The Labute approximate surface area is 427 Å². The molecule has 2 nitrogen and oxygen atoms in total. The second-order valence-corrected chi connectivity index (χ2v) is 20.7. The number of hydrogen-bond donors (Lipinski definition) is 0. The Morgan fingerprint density at radius 1 is 0.431 bits per heavy atom. The average Bonchev–Trinajstić information content (AvgIpc) is 3.79. The van der Waals surface area contributed by atoms with Gasteiger partial charge in [0.1, 0.15) is 0 Å². The van der Waals surface area contributed by atoms with E-state index in [1.54, 1.807) is 0 Å². The summed E-state index contributed by atoms with van der Waals surface area (Å²) in [5, 5.41) is 2.60. The van der Waals surface area contributed by atoms with Gasteiger partial charge in [0.2, 0.25) is 0 Å². The van der Waals surface area contributed by atoms with Crippen LogP contribution in [0.5, 0.6) is 0 Å². The summed E-state index contributed by atoms with van der Waals surface area (Å²) in [6.45, 7) is 11.9. The van der Waals surface area contributed by atoms with Crippen molar-refractivity contribution in [3.05, 3.63) is 275 Å². The molecule has 352 valence electrons. The first-order valence-electron chi connectivity index (χ1n) is 25.5. The number of allylic oxidation sites excluding steroid dienone is 3. The lowest BCUT2D eigenvalue weighted by Gasteiger charge is -2.28. The number of para-hydroxylation sites is 2. The first-order valence-corrected chi connectivity index (χ1v) is 25.5. The second-order valence-electron chi connectivity index (χ2n) is 20.7. The summed E-state index contributed by atoms with van der Waals surface area (Å²) in [5.41, 5.74) is 21.5. The van der Waals surface area contributed by atoms with Crippen LogP contribution in [0.25, 0.3) is 57.3 Å². The number of hydrogen-bond acceptors (Lipinski definition) is 2. The second kappa shape index (κ2) is 19.2. The van der Waals surface area contributed by atoms with Gasteiger partial charge >= 0.3 is 0 Å². The Morgan fingerprint density at radius 2 is 0.903 bits per heavy atom. The van der Waals surface area contributed by atoms with E-state index in [4.69, 9.17) is 0 Å². The van der Waals surface area contributed by atoms with Crippen LogP contribution in [0.4, 0.5) is 22.7 Å². The maximum absolute atomic E-state index is 2.55. The van der Waals surface area contributed by atoms with Gasteiger partial charge < -0.3 is 9.80 Å². The van der Waals surface area contributed by atoms with E-state index in [0.29, 0.717) is 5.92 Å². The first-order chi connectivity index (χ1) is 35.0. The van der Waals surface area contributed by atoms with E-state index in [2.05, 4.69) is 264 Å². The SMILES string of the molecule is CC1C=CC(N(c2ccccc2)c2ccc(/C=C/c3ccc4c(c3)C(C)(C)c3cc5c(cc3-4)C(C)(C)c3cc(/C=C/c4ccc(N(C)c6ccccc6)cc4)c4ccccc4c3-5)cc2)=CC1.c1ccccc1. The van der Waals surface area contributed by atoms with E-state index in [9.17, 15) is 0 Å². The van der Waals surface area contributed by atoms with Crippen molar-refractivity contribution in [1.82, 2.24) is 0 Å². The molecular formula is C70H62N2. The van der Waals surface area contributed by atoms with Crippen LogP contribution in [-0.4, -0.2) is 7.05 Å². The molecule has 0 amide bonds. The third-order valence-electron chi connectivity index (χ3n) is 15.3. The predicted molar refractivity (Wildman–Crippen MR) is 310 cm³/mol. The Kier molecular flexibility index (Phi) is 12.3. The fraction of sp³-hybridized carbons (Fsp3) is 0.143. The van der Waals surface area contributed by atoms with Gasteiger partial charge in [-0.1, -0.05) is 211 Å². The molecule has 72 heavy (non-hydrogen) atoms. The zero-order chi connectivity index (χ0) is 49.4. The zero-order valence-electron chi connectivity index (χ0n) is 42.4. The number of benzene rings is 9. The monoisotopic (exact) mass is 930 g/mol. The molecule has 9 aromatic carbocycles. The van der Waals surface area contributed by atoms with E-state index >= 15 is 0 Å². The Bertz CT molecular complexity index is 3510. The zero-order valence-corrected chi connectivity index (χ0v) is 42.4. The van der Waals surface area contributed by atoms with Crippen molar-refractivity contribution in [1.29, 1.82) is 0 Å². The van der Waals surface area contributed by atoms with Gasteiger partial charge in [-0.2, -0.15) is 0 Å². The summed E-state index contributed by atoms with van der Waals surface area (Å²) in [6, 6.07) is 74.6. The molecule has 0 N–H and O–H groups in total. The molecule has 2 heteroatoms. The highest BCUT2D eigenvalue weighted by molar-refractivity contribution is 6.07. The van der Waals surface area contributed by atoms with Crippen LogP contribution in [0.2, 0.25) is 0 Å². The highest BCUT2D eigenvalue weighted by atomic mass is 15.1. The van der Waals surface area contributed by atoms with Gasteiger partial charge in [0.05, 0.1) is 0 Å². The van der Waals surface area contributed by atoms with Gasteiger partial charge in [0.25, 0.3) is 0 Å². The van der Waals surface area contributed by atoms with Gasteiger partial charge in [0, 0.05) is 46.3 Å². The summed E-state index contributed by atoms with van der Waals surface area (Å²) in [7, 11) is 2.12. The average molecular weight is 931 g/mol. The van der Waals surface area contributed by atoms with Crippen LogP contribution in [0.15, 0.2) is 230 Å². The predicted octanol–water partition coefficient (Wildman–Crippen LogP) is 18.9. The largest absolute Gasteiger partial charge is 0.345 e. The molecule has 0 heterocycles. The molecule has 0 saturated carbocycles. The highest BCUT2D eigenvalue weighted by Crippen LogP contribution is 2.58. The maximum Gasteiger partial charge on any atom is 0.0461 e. The molecule has 0 aromatic heterocycles. The molecule has 0 bridgehead atoms. The Hall–Kier alpha value is -8.20. The van der Waals surface area contributed by atoms with Crippen molar-refractivity contribution >= 4 is 57.8 Å². The summed E-state index contributed by atoms with van der Waals surface area (Å²) >= 11 is 0. The lowest BCUT2D eigenvalue weighted by molar-refractivity contribution is 0.652. The number of fused-ring (bicyclic) bond motifs is 8. The van der Waals surface area contributed by atoms with Crippen molar-refractivity contribution < 1.29 is 0 Å². The molecule has 1 atom stereocenters. The van der Waals surface area contributed by atoms with Gasteiger partial charge in [-0.25, -0.2) is 0 Å². The third-order valence-corrected chi connectivity index (χ3v) is 15.3. The standard InChI is InChI=1S/C64H56N2.C6H6/c1-43-21-32-51(33-22-43)66(50-17-11-8-12-18-50)52-36-28-44(29-37-52)23-24-46-30-38-54-56-41-60-57(42-59(56)63(2,3)58(54)39-46)62-55-20-14-13-19-53(55)47(40-61(62)64(60,4)5)31-25-45-26-34-49(35-27-45)65(6)48-15-9-7-10-16-48;1-2-4-6-5-3-1/h7-21,23-43H,22H2,1-6H3;1-6H/b24-23+,31-25+;. The lowest BCUT2D eigenvalue weighted by atomic mass is 9.79. The van der Waals surface area contributed by atoms with Crippen LogP contribution in [0.1, 0.15) is 85.5 Å². The van der Waals surface area contributed by atoms with Gasteiger partial charge in [-0.15, -0.1) is 0 Å². The molecule has 12 rings (SSSR count). The summed E-state index contributed by atoms with van der Waals surface area (Å²) in [6.07, 6.45) is 17.1. The van der Waals surface area contributed by atoms with Crippen molar-refractivity contribution in [2.45, 2.75) is 51.9 Å². The van der Waals surface area contributed by atoms with E-state index in [1.165, 1.54) is 100 Å². The molecule has 0 saturated heterocycles. The molecule has 3 aliphatic rings. The fourth-order valence-electron chi connectivity index (χ4n) is 11.1. The van der Waals surface area contributed by atoms with Gasteiger partial charge in [-0.3, -0.25) is 0 Å². The minimum atomic E-state index is -0.165. The van der Waals surface area contributed by atoms with Crippen molar-refractivity contribution in [2.75, 3.05) is 16.8 Å². The molecule has 1 unspecified atom stereocenters. The Balaban J connectivity index is 0.000000872. The minimum Gasteiger partial charge on any atom is -0.345 e.